The molecule has 1 N–H and O–H groups in total. The van der Waals surface area contributed by atoms with E-state index in [-0.39, 0.29) is 17.5 Å². The second-order valence-electron chi connectivity index (χ2n) is 6.71. The molecule has 1 aromatic carbocycles. The van der Waals surface area contributed by atoms with Crippen LogP contribution in [0.2, 0.25) is 5.02 Å². The van der Waals surface area contributed by atoms with Crippen molar-refractivity contribution in [3.63, 3.8) is 0 Å². The van der Waals surface area contributed by atoms with Crippen molar-refractivity contribution >= 4 is 27.7 Å². The summed E-state index contributed by atoms with van der Waals surface area (Å²) in [5.74, 6) is -0.622. The maximum Gasteiger partial charge on any atom is 0.409 e. The van der Waals surface area contributed by atoms with Gasteiger partial charge in [-0.3, -0.25) is 9.69 Å². The van der Waals surface area contributed by atoms with Crippen LogP contribution in [0.4, 0.5) is 4.79 Å². The highest BCUT2D eigenvalue weighted by atomic mass is 35.5. The molecule has 1 aliphatic heterocycles. The SMILES string of the molecule is CCOC(=O)N1CCN(Cc2ccn(S(=O)(=O)c3ccc(Cl)cc3)c(=O)c2O)CC1. The average molecular weight is 456 g/mol. The van der Waals surface area contributed by atoms with Gasteiger partial charge in [-0.2, -0.15) is 0 Å². The maximum absolute atomic E-state index is 12.7. The second kappa shape index (κ2) is 9.07. The van der Waals surface area contributed by atoms with E-state index < -0.39 is 21.3 Å². The van der Waals surface area contributed by atoms with Crippen LogP contribution in [0.15, 0.2) is 46.2 Å². The summed E-state index contributed by atoms with van der Waals surface area (Å²) in [6.07, 6.45) is 0.769. The molecule has 2 heterocycles. The summed E-state index contributed by atoms with van der Waals surface area (Å²) in [7, 11) is -4.17. The van der Waals surface area contributed by atoms with Gasteiger partial charge in [-0.25, -0.2) is 17.2 Å². The van der Waals surface area contributed by atoms with Crippen LogP contribution in [-0.2, 0) is 21.3 Å². The van der Waals surface area contributed by atoms with Gasteiger partial charge in [0.05, 0.1) is 11.5 Å². The molecule has 0 saturated carbocycles. The van der Waals surface area contributed by atoms with Crippen molar-refractivity contribution in [2.24, 2.45) is 0 Å². The number of rotatable bonds is 5. The molecule has 0 spiro atoms. The number of benzene rings is 1. The zero-order valence-corrected chi connectivity index (χ0v) is 17.9. The number of piperazine rings is 1. The van der Waals surface area contributed by atoms with Crippen molar-refractivity contribution in [2.45, 2.75) is 18.4 Å². The van der Waals surface area contributed by atoms with E-state index in [4.69, 9.17) is 16.3 Å². The zero-order chi connectivity index (χ0) is 21.9. The first-order chi connectivity index (χ1) is 14.2. The molecule has 0 aliphatic carbocycles. The number of aromatic nitrogens is 1. The van der Waals surface area contributed by atoms with Gasteiger partial charge in [0.25, 0.3) is 10.0 Å². The van der Waals surface area contributed by atoms with E-state index in [1.807, 2.05) is 4.90 Å². The van der Waals surface area contributed by atoms with E-state index in [1.54, 1.807) is 11.8 Å². The molecule has 9 nitrogen and oxygen atoms in total. The fraction of sp³-hybridized carbons (Fsp3) is 0.368. The molecular weight excluding hydrogens is 434 g/mol. The quantitative estimate of drug-likeness (QED) is 0.731. The van der Waals surface area contributed by atoms with Crippen LogP contribution in [0.5, 0.6) is 5.75 Å². The number of aromatic hydroxyl groups is 1. The Morgan fingerprint density at radius 3 is 2.37 bits per heavy atom. The molecule has 0 radical (unpaired) electrons. The highest BCUT2D eigenvalue weighted by Gasteiger charge is 2.25. The van der Waals surface area contributed by atoms with Crippen LogP contribution < -0.4 is 5.56 Å². The molecule has 1 fully saturated rings. The van der Waals surface area contributed by atoms with Gasteiger partial charge in [0.1, 0.15) is 0 Å². The first kappa shape index (κ1) is 22.1. The summed E-state index contributed by atoms with van der Waals surface area (Å²) < 4.78 is 30.9. The number of carbonyl (C=O) groups is 1. The fourth-order valence-electron chi connectivity index (χ4n) is 3.13. The van der Waals surface area contributed by atoms with Gasteiger partial charge in [0.2, 0.25) is 0 Å². The van der Waals surface area contributed by atoms with E-state index in [0.717, 1.165) is 6.20 Å². The summed E-state index contributed by atoms with van der Waals surface area (Å²) in [5, 5.41) is 10.7. The Hall–Kier alpha value is -2.56. The lowest BCUT2D eigenvalue weighted by molar-refractivity contribution is 0.0776. The lowest BCUT2D eigenvalue weighted by Gasteiger charge is -2.34. The van der Waals surface area contributed by atoms with Crippen molar-refractivity contribution in [1.29, 1.82) is 0 Å². The first-order valence-electron chi connectivity index (χ1n) is 9.32. The zero-order valence-electron chi connectivity index (χ0n) is 16.3. The van der Waals surface area contributed by atoms with Crippen molar-refractivity contribution in [1.82, 2.24) is 13.8 Å². The molecule has 162 valence electrons. The predicted molar refractivity (Wildman–Crippen MR) is 110 cm³/mol. The summed E-state index contributed by atoms with van der Waals surface area (Å²) in [6.45, 7) is 4.28. The van der Waals surface area contributed by atoms with E-state index in [9.17, 15) is 23.1 Å². The number of carbonyl (C=O) groups excluding carboxylic acids is 1. The second-order valence-corrected chi connectivity index (χ2v) is 8.96. The van der Waals surface area contributed by atoms with Crippen LogP contribution in [0.25, 0.3) is 0 Å². The summed E-state index contributed by atoms with van der Waals surface area (Å²) in [5.41, 5.74) is -0.709. The first-order valence-corrected chi connectivity index (χ1v) is 11.1. The molecule has 1 amide bonds. The van der Waals surface area contributed by atoms with Gasteiger partial charge in [-0.15, -0.1) is 0 Å². The molecule has 1 saturated heterocycles. The van der Waals surface area contributed by atoms with Gasteiger partial charge in [-0.05, 0) is 37.3 Å². The maximum atomic E-state index is 12.7. The number of halogens is 1. The van der Waals surface area contributed by atoms with Gasteiger partial charge < -0.3 is 14.7 Å². The third-order valence-corrected chi connectivity index (χ3v) is 6.71. The summed E-state index contributed by atoms with van der Waals surface area (Å²) in [4.78, 5) is 27.8. The molecule has 0 bridgehead atoms. The minimum absolute atomic E-state index is 0.115. The molecule has 0 atom stereocenters. The molecule has 3 rings (SSSR count). The number of amides is 1. The number of nitrogens with zero attached hydrogens (tertiary/aromatic N) is 3. The Morgan fingerprint density at radius 1 is 1.13 bits per heavy atom. The molecular formula is C19H22ClN3O6S. The predicted octanol–water partition coefficient (Wildman–Crippen LogP) is 1.72. The number of ether oxygens (including phenoxy) is 1. The van der Waals surface area contributed by atoms with Crippen molar-refractivity contribution in [3.05, 3.63) is 57.5 Å². The average Bonchev–Trinajstić information content (AvgIpc) is 2.72. The normalized spacial score (nSPS) is 15.2. The third kappa shape index (κ3) is 4.61. The van der Waals surface area contributed by atoms with Crippen LogP contribution in [-0.4, -0.2) is 66.2 Å². The van der Waals surface area contributed by atoms with Gasteiger partial charge in [-0.1, -0.05) is 11.6 Å². The Kier molecular flexibility index (Phi) is 6.69. The summed E-state index contributed by atoms with van der Waals surface area (Å²) in [6, 6.07) is 6.80. The molecule has 30 heavy (non-hydrogen) atoms. The van der Waals surface area contributed by atoms with E-state index in [0.29, 0.717) is 47.3 Å². The minimum atomic E-state index is -4.17. The third-order valence-electron chi connectivity index (χ3n) is 4.78. The Labute approximate surface area is 179 Å². The van der Waals surface area contributed by atoms with E-state index >= 15 is 0 Å². The largest absolute Gasteiger partial charge is 0.503 e. The smallest absolute Gasteiger partial charge is 0.409 e. The highest BCUT2D eigenvalue weighted by molar-refractivity contribution is 7.90. The lowest BCUT2D eigenvalue weighted by atomic mass is 10.2. The molecule has 11 heteroatoms. The van der Waals surface area contributed by atoms with Gasteiger partial charge >= 0.3 is 11.7 Å². The van der Waals surface area contributed by atoms with Crippen molar-refractivity contribution in [2.75, 3.05) is 32.8 Å². The minimum Gasteiger partial charge on any atom is -0.503 e. The Balaban J connectivity index is 1.75. The summed E-state index contributed by atoms with van der Waals surface area (Å²) >= 11 is 5.78. The molecule has 2 aromatic rings. The van der Waals surface area contributed by atoms with Crippen molar-refractivity contribution in [3.8, 4) is 5.75 Å². The number of hydrogen-bond acceptors (Lipinski definition) is 7. The Bertz CT molecular complexity index is 1080. The number of hydrogen-bond donors (Lipinski definition) is 1. The molecule has 1 aromatic heterocycles. The molecule has 0 unspecified atom stereocenters. The fourth-order valence-corrected chi connectivity index (χ4v) is 4.49. The topological polar surface area (TPSA) is 109 Å². The van der Waals surface area contributed by atoms with E-state index in [1.165, 1.54) is 30.3 Å². The van der Waals surface area contributed by atoms with Crippen LogP contribution >= 0.6 is 11.6 Å². The number of pyridine rings is 1. The monoisotopic (exact) mass is 455 g/mol. The Morgan fingerprint density at radius 2 is 1.77 bits per heavy atom. The van der Waals surface area contributed by atoms with Crippen LogP contribution in [0.1, 0.15) is 12.5 Å². The van der Waals surface area contributed by atoms with Gasteiger partial charge in [0, 0.05) is 49.5 Å². The standard InChI is InChI=1S/C19H22ClN3O6S/c1-2-29-19(26)22-11-9-21(10-12-22)13-14-7-8-23(18(25)17(14)24)30(27,28)16-5-3-15(20)4-6-16/h3-8,24H,2,9-13H2,1H3. The van der Waals surface area contributed by atoms with Gasteiger partial charge in [0.15, 0.2) is 5.75 Å². The van der Waals surface area contributed by atoms with E-state index in [2.05, 4.69) is 0 Å². The van der Waals surface area contributed by atoms with Crippen LogP contribution in [0, 0.1) is 0 Å². The van der Waals surface area contributed by atoms with Crippen molar-refractivity contribution < 1.29 is 23.1 Å². The van der Waals surface area contributed by atoms with Crippen LogP contribution in [0.3, 0.4) is 0 Å². The molecule has 1 aliphatic rings. The lowest BCUT2D eigenvalue weighted by Crippen LogP contribution is -2.48. The highest BCUT2D eigenvalue weighted by Crippen LogP contribution is 2.20.